The fraction of sp³-hybridized carbons (Fsp3) is 0.778. The van der Waals surface area contributed by atoms with Crippen LogP contribution in [0.4, 0.5) is 0 Å². The molecule has 0 amide bonds. The molecule has 5 heteroatoms. The smallest absolute Gasteiger partial charge is 0.100 e. The zero-order valence-electron chi connectivity index (χ0n) is 8.94. The first-order chi connectivity index (χ1) is 6.63. The number of rotatable bonds is 5. The number of likely N-dealkylation sites (N-methyl/N-ethyl adjacent to an activating group) is 1. The maximum Gasteiger partial charge on any atom is 0.100 e. The third kappa shape index (κ3) is 3.27. The molecule has 0 saturated carbocycles. The van der Waals surface area contributed by atoms with Gasteiger partial charge in [-0.15, -0.1) is 16.7 Å². The van der Waals surface area contributed by atoms with Gasteiger partial charge in [-0.1, -0.05) is 12.1 Å². The van der Waals surface area contributed by atoms with Crippen molar-refractivity contribution in [2.24, 2.45) is 0 Å². The number of hydrogen-bond acceptors (Lipinski definition) is 3. The number of alkyl halides is 1. The molecule has 0 fully saturated rings. The highest BCUT2D eigenvalue weighted by Gasteiger charge is 2.09. The van der Waals surface area contributed by atoms with E-state index in [0.29, 0.717) is 0 Å². The molecule has 14 heavy (non-hydrogen) atoms. The Morgan fingerprint density at radius 1 is 1.57 bits per heavy atom. The molecule has 0 spiro atoms. The van der Waals surface area contributed by atoms with E-state index in [4.69, 9.17) is 11.6 Å². The largest absolute Gasteiger partial charge is 0.308 e. The molecular weight excluding hydrogens is 200 g/mol. The van der Waals surface area contributed by atoms with Crippen LogP contribution in [-0.2, 0) is 6.54 Å². The highest BCUT2D eigenvalue weighted by Crippen LogP contribution is 2.20. The van der Waals surface area contributed by atoms with Crippen molar-refractivity contribution in [1.82, 2.24) is 19.9 Å². The van der Waals surface area contributed by atoms with E-state index in [0.717, 1.165) is 25.2 Å². The van der Waals surface area contributed by atoms with Gasteiger partial charge < -0.3 is 4.90 Å². The van der Waals surface area contributed by atoms with Gasteiger partial charge in [0.1, 0.15) is 5.69 Å². The van der Waals surface area contributed by atoms with Crippen LogP contribution < -0.4 is 0 Å². The van der Waals surface area contributed by atoms with Crippen molar-refractivity contribution in [3.8, 4) is 0 Å². The summed E-state index contributed by atoms with van der Waals surface area (Å²) < 4.78 is 1.83. The molecule has 0 N–H and O–H groups in total. The van der Waals surface area contributed by atoms with E-state index in [1.54, 1.807) is 0 Å². The normalized spacial score (nSPS) is 13.5. The van der Waals surface area contributed by atoms with Crippen molar-refractivity contribution in [2.45, 2.75) is 25.3 Å². The third-order valence-corrected chi connectivity index (χ3v) is 2.54. The van der Waals surface area contributed by atoms with Gasteiger partial charge in [-0.3, -0.25) is 4.68 Å². The summed E-state index contributed by atoms with van der Waals surface area (Å²) in [6, 6.07) is 0. The van der Waals surface area contributed by atoms with Crippen molar-refractivity contribution in [1.29, 1.82) is 0 Å². The van der Waals surface area contributed by atoms with E-state index in [1.165, 1.54) is 0 Å². The van der Waals surface area contributed by atoms with E-state index in [2.05, 4.69) is 15.2 Å². The minimum absolute atomic E-state index is 0.0110. The summed E-state index contributed by atoms with van der Waals surface area (Å²) in [5.74, 6) is 0. The monoisotopic (exact) mass is 216 g/mol. The van der Waals surface area contributed by atoms with E-state index in [-0.39, 0.29) is 5.38 Å². The van der Waals surface area contributed by atoms with E-state index < -0.39 is 0 Å². The Balaban J connectivity index is 2.50. The van der Waals surface area contributed by atoms with Crippen LogP contribution in [0.1, 0.15) is 24.4 Å². The average molecular weight is 217 g/mol. The fourth-order valence-corrected chi connectivity index (χ4v) is 1.18. The molecule has 1 atom stereocenters. The predicted molar refractivity (Wildman–Crippen MR) is 57.5 cm³/mol. The van der Waals surface area contributed by atoms with Crippen LogP contribution in [0.25, 0.3) is 0 Å². The Morgan fingerprint density at radius 3 is 2.86 bits per heavy atom. The van der Waals surface area contributed by atoms with Crippen LogP contribution in [0.3, 0.4) is 0 Å². The zero-order valence-corrected chi connectivity index (χ0v) is 9.70. The minimum atomic E-state index is -0.0110. The first-order valence-electron chi connectivity index (χ1n) is 4.82. The number of aromatic nitrogens is 3. The lowest BCUT2D eigenvalue weighted by Crippen LogP contribution is -2.18. The molecule has 0 saturated heterocycles. The molecule has 80 valence electrons. The highest BCUT2D eigenvalue weighted by atomic mass is 35.5. The second kappa shape index (κ2) is 5.32. The summed E-state index contributed by atoms with van der Waals surface area (Å²) in [6.45, 7) is 3.85. The van der Waals surface area contributed by atoms with E-state index >= 15 is 0 Å². The van der Waals surface area contributed by atoms with Gasteiger partial charge in [-0.2, -0.15) is 0 Å². The SMILES string of the molecule is CCC(Cl)c1cn(CCN(C)C)nn1. The molecule has 1 aromatic rings. The van der Waals surface area contributed by atoms with Gasteiger partial charge in [0.15, 0.2) is 0 Å². The molecule has 0 aliphatic heterocycles. The van der Waals surface area contributed by atoms with Gasteiger partial charge in [0.2, 0.25) is 0 Å². The summed E-state index contributed by atoms with van der Waals surface area (Å²) in [5, 5.41) is 8.03. The first-order valence-corrected chi connectivity index (χ1v) is 5.26. The molecule has 1 aromatic heterocycles. The maximum atomic E-state index is 6.04. The van der Waals surface area contributed by atoms with Crippen molar-refractivity contribution in [2.75, 3.05) is 20.6 Å². The van der Waals surface area contributed by atoms with Gasteiger partial charge in [-0.05, 0) is 20.5 Å². The molecule has 0 aliphatic carbocycles. The van der Waals surface area contributed by atoms with Crippen LogP contribution >= 0.6 is 11.6 Å². The molecule has 0 bridgehead atoms. The van der Waals surface area contributed by atoms with Gasteiger partial charge in [0, 0.05) is 12.7 Å². The second-order valence-corrected chi connectivity index (χ2v) is 4.11. The van der Waals surface area contributed by atoms with Crippen LogP contribution in [0, 0.1) is 0 Å². The van der Waals surface area contributed by atoms with Gasteiger partial charge in [0.25, 0.3) is 0 Å². The average Bonchev–Trinajstić information content (AvgIpc) is 2.62. The molecular formula is C9H17ClN4. The topological polar surface area (TPSA) is 34.0 Å². The molecule has 1 unspecified atom stereocenters. The summed E-state index contributed by atoms with van der Waals surface area (Å²) in [4.78, 5) is 2.11. The summed E-state index contributed by atoms with van der Waals surface area (Å²) in [6.07, 6.45) is 2.80. The Labute approximate surface area is 89.8 Å². The molecule has 1 heterocycles. The summed E-state index contributed by atoms with van der Waals surface area (Å²) >= 11 is 6.04. The molecule has 4 nitrogen and oxygen atoms in total. The molecule has 0 radical (unpaired) electrons. The van der Waals surface area contributed by atoms with Crippen molar-refractivity contribution in [3.05, 3.63) is 11.9 Å². The Bertz CT molecular complexity index is 272. The van der Waals surface area contributed by atoms with Gasteiger partial charge >= 0.3 is 0 Å². The van der Waals surface area contributed by atoms with E-state index in [9.17, 15) is 0 Å². The second-order valence-electron chi connectivity index (χ2n) is 3.59. The van der Waals surface area contributed by atoms with Crippen molar-refractivity contribution >= 4 is 11.6 Å². The Hall–Kier alpha value is -0.610. The highest BCUT2D eigenvalue weighted by molar-refractivity contribution is 6.20. The number of hydrogen-bond donors (Lipinski definition) is 0. The molecule has 1 rings (SSSR count). The minimum Gasteiger partial charge on any atom is -0.308 e. The van der Waals surface area contributed by atoms with Crippen LogP contribution in [0.5, 0.6) is 0 Å². The van der Waals surface area contributed by atoms with Gasteiger partial charge in [0.05, 0.1) is 11.9 Å². The van der Waals surface area contributed by atoms with Crippen LogP contribution in [-0.4, -0.2) is 40.5 Å². The quantitative estimate of drug-likeness (QED) is 0.701. The van der Waals surface area contributed by atoms with Crippen LogP contribution in [0.2, 0.25) is 0 Å². The van der Waals surface area contributed by atoms with Crippen molar-refractivity contribution < 1.29 is 0 Å². The fourth-order valence-electron chi connectivity index (χ4n) is 1.08. The zero-order chi connectivity index (χ0) is 10.6. The Morgan fingerprint density at radius 2 is 2.29 bits per heavy atom. The number of nitrogens with zero attached hydrogens (tertiary/aromatic N) is 4. The van der Waals surface area contributed by atoms with E-state index in [1.807, 2.05) is 31.9 Å². The van der Waals surface area contributed by atoms with Crippen LogP contribution in [0.15, 0.2) is 6.20 Å². The lowest BCUT2D eigenvalue weighted by Gasteiger charge is -2.07. The standard InChI is InChI=1S/C9H17ClN4/c1-4-8(10)9-7-14(12-11-9)6-5-13(2)3/h7-8H,4-6H2,1-3H3. The van der Waals surface area contributed by atoms with Gasteiger partial charge in [-0.25, -0.2) is 0 Å². The summed E-state index contributed by atoms with van der Waals surface area (Å²) in [5.41, 5.74) is 0.868. The summed E-state index contributed by atoms with van der Waals surface area (Å²) in [7, 11) is 4.07. The predicted octanol–water partition coefficient (Wildman–Crippen LogP) is 1.53. The first kappa shape index (κ1) is 11.5. The molecule has 0 aromatic carbocycles. The molecule has 0 aliphatic rings. The lowest BCUT2D eigenvalue weighted by atomic mass is 10.3. The third-order valence-electron chi connectivity index (χ3n) is 2.01. The van der Waals surface area contributed by atoms with Crippen molar-refractivity contribution in [3.63, 3.8) is 0 Å². The lowest BCUT2D eigenvalue weighted by molar-refractivity contribution is 0.370. The number of halogens is 1. The maximum absolute atomic E-state index is 6.04. The Kier molecular flexibility index (Phi) is 4.35.